The van der Waals surface area contributed by atoms with E-state index in [9.17, 15) is 4.79 Å². The monoisotopic (exact) mass is 209 g/mol. The predicted octanol–water partition coefficient (Wildman–Crippen LogP) is 1.82. The third-order valence-corrected chi connectivity index (χ3v) is 2.65. The van der Waals surface area contributed by atoms with Gasteiger partial charge in [0.2, 0.25) is 5.76 Å². The molecule has 0 bridgehead atoms. The Morgan fingerprint density at radius 3 is 3.00 bits per heavy atom. The van der Waals surface area contributed by atoms with Crippen LogP contribution >= 0.6 is 0 Å². The largest absolute Gasteiger partial charge is 0.475 e. The maximum Gasteiger partial charge on any atom is 0.372 e. The van der Waals surface area contributed by atoms with E-state index in [1.807, 2.05) is 7.05 Å². The first-order chi connectivity index (χ1) is 7.16. The molecule has 1 aromatic heterocycles. The van der Waals surface area contributed by atoms with Gasteiger partial charge in [0, 0.05) is 18.7 Å². The minimum atomic E-state index is -0.991. The van der Waals surface area contributed by atoms with Crippen molar-refractivity contribution < 1.29 is 14.3 Å². The van der Waals surface area contributed by atoms with Crippen molar-refractivity contribution in [3.63, 3.8) is 0 Å². The molecule has 1 fully saturated rings. The molecule has 0 unspecified atom stereocenters. The Bertz CT molecular complexity index is 354. The molecule has 4 nitrogen and oxygen atoms in total. The van der Waals surface area contributed by atoms with Gasteiger partial charge in [-0.3, -0.25) is 0 Å². The Labute approximate surface area is 88.5 Å². The zero-order valence-corrected chi connectivity index (χ0v) is 8.77. The van der Waals surface area contributed by atoms with Crippen molar-refractivity contribution in [1.82, 2.24) is 4.90 Å². The van der Waals surface area contributed by atoms with Crippen LogP contribution in [-0.4, -0.2) is 29.6 Å². The second-order valence-corrected chi connectivity index (χ2v) is 4.22. The van der Waals surface area contributed by atoms with Gasteiger partial charge in [0.15, 0.2) is 0 Å². The first kappa shape index (κ1) is 10.2. The van der Waals surface area contributed by atoms with Gasteiger partial charge in [-0.15, -0.1) is 0 Å². The summed E-state index contributed by atoms with van der Waals surface area (Å²) in [6, 6.07) is 1.73. The molecule has 0 spiro atoms. The zero-order chi connectivity index (χ0) is 10.8. The smallest absolute Gasteiger partial charge is 0.372 e. The number of carboxylic acid groups (broad SMARTS) is 1. The molecule has 1 N–H and O–H groups in total. The number of hydrogen-bond donors (Lipinski definition) is 1. The van der Waals surface area contributed by atoms with E-state index in [1.165, 1.54) is 19.1 Å². The van der Waals surface area contributed by atoms with E-state index in [1.54, 1.807) is 6.07 Å². The van der Waals surface area contributed by atoms with E-state index in [0.29, 0.717) is 6.54 Å². The van der Waals surface area contributed by atoms with E-state index in [4.69, 9.17) is 9.52 Å². The molecule has 0 aromatic carbocycles. The zero-order valence-electron chi connectivity index (χ0n) is 8.77. The van der Waals surface area contributed by atoms with Crippen LogP contribution in [0.2, 0.25) is 0 Å². The fourth-order valence-corrected chi connectivity index (χ4v) is 1.74. The maximum absolute atomic E-state index is 10.8. The fraction of sp³-hybridized carbons (Fsp3) is 0.545. The second-order valence-electron chi connectivity index (χ2n) is 4.22. The summed E-state index contributed by atoms with van der Waals surface area (Å²) in [4.78, 5) is 12.9. The molecule has 1 aliphatic rings. The van der Waals surface area contributed by atoms with Crippen molar-refractivity contribution in [1.29, 1.82) is 0 Å². The number of aromatic carboxylic acids is 1. The van der Waals surface area contributed by atoms with Gasteiger partial charge in [-0.1, -0.05) is 0 Å². The molecule has 4 heteroatoms. The van der Waals surface area contributed by atoms with Gasteiger partial charge in [-0.25, -0.2) is 4.79 Å². The normalized spacial score (nSPS) is 15.9. The highest BCUT2D eigenvalue weighted by Crippen LogP contribution is 2.29. The van der Waals surface area contributed by atoms with E-state index in [-0.39, 0.29) is 5.76 Å². The Morgan fingerprint density at radius 2 is 2.40 bits per heavy atom. The van der Waals surface area contributed by atoms with Crippen LogP contribution in [0.4, 0.5) is 0 Å². The van der Waals surface area contributed by atoms with Crippen molar-refractivity contribution >= 4 is 5.97 Å². The van der Waals surface area contributed by atoms with Gasteiger partial charge in [0.1, 0.15) is 0 Å². The van der Waals surface area contributed by atoms with Crippen LogP contribution in [0.3, 0.4) is 0 Å². The molecular formula is C11H15NO3. The quantitative estimate of drug-likeness (QED) is 0.803. The van der Waals surface area contributed by atoms with Gasteiger partial charge < -0.3 is 14.4 Å². The van der Waals surface area contributed by atoms with Crippen molar-refractivity contribution in [3.05, 3.63) is 23.7 Å². The molecule has 1 aromatic rings. The van der Waals surface area contributed by atoms with Gasteiger partial charge in [-0.05, 0) is 31.9 Å². The van der Waals surface area contributed by atoms with Crippen LogP contribution in [0.25, 0.3) is 0 Å². The number of furan rings is 1. The van der Waals surface area contributed by atoms with Gasteiger partial charge in [0.05, 0.1) is 6.26 Å². The molecule has 1 heterocycles. The summed E-state index contributed by atoms with van der Waals surface area (Å²) >= 11 is 0. The standard InChI is InChI=1S/C11H15NO3/c1-12(6-8-2-3-8)7-9-4-5-15-10(9)11(13)14/h4-5,8H,2-3,6-7H2,1H3,(H,13,14). The predicted molar refractivity (Wildman–Crippen MR) is 54.7 cm³/mol. The molecule has 1 saturated carbocycles. The van der Waals surface area contributed by atoms with Crippen LogP contribution in [-0.2, 0) is 6.54 Å². The highest BCUT2D eigenvalue weighted by molar-refractivity contribution is 5.86. The first-order valence-corrected chi connectivity index (χ1v) is 5.15. The molecule has 0 aliphatic heterocycles. The van der Waals surface area contributed by atoms with Crippen molar-refractivity contribution in [3.8, 4) is 0 Å². The van der Waals surface area contributed by atoms with Crippen molar-refractivity contribution in [2.24, 2.45) is 5.92 Å². The molecule has 15 heavy (non-hydrogen) atoms. The molecule has 2 rings (SSSR count). The summed E-state index contributed by atoms with van der Waals surface area (Å²) in [7, 11) is 2.01. The van der Waals surface area contributed by atoms with Crippen LogP contribution in [0.1, 0.15) is 29.0 Å². The molecule has 0 radical (unpaired) electrons. The van der Waals surface area contributed by atoms with E-state index >= 15 is 0 Å². The van der Waals surface area contributed by atoms with Crippen molar-refractivity contribution in [2.75, 3.05) is 13.6 Å². The molecule has 0 amide bonds. The van der Waals surface area contributed by atoms with Crippen LogP contribution in [0.5, 0.6) is 0 Å². The Balaban J connectivity index is 1.96. The van der Waals surface area contributed by atoms with Crippen molar-refractivity contribution in [2.45, 2.75) is 19.4 Å². The van der Waals surface area contributed by atoms with Gasteiger partial charge in [-0.2, -0.15) is 0 Å². The number of hydrogen-bond acceptors (Lipinski definition) is 3. The minimum absolute atomic E-state index is 0.0673. The van der Waals surface area contributed by atoms with E-state index in [2.05, 4.69) is 4.90 Å². The third kappa shape index (κ3) is 2.59. The van der Waals surface area contributed by atoms with E-state index < -0.39 is 5.97 Å². The SMILES string of the molecule is CN(Cc1ccoc1C(=O)O)CC1CC1. The van der Waals surface area contributed by atoms with Gasteiger partial charge >= 0.3 is 5.97 Å². The number of carbonyl (C=O) groups is 1. The Hall–Kier alpha value is -1.29. The fourth-order valence-electron chi connectivity index (χ4n) is 1.74. The Morgan fingerprint density at radius 1 is 1.67 bits per heavy atom. The third-order valence-electron chi connectivity index (χ3n) is 2.65. The molecule has 82 valence electrons. The molecular weight excluding hydrogens is 194 g/mol. The topological polar surface area (TPSA) is 53.7 Å². The van der Waals surface area contributed by atoms with E-state index in [0.717, 1.165) is 18.0 Å². The summed E-state index contributed by atoms with van der Waals surface area (Å²) in [5.41, 5.74) is 0.755. The lowest BCUT2D eigenvalue weighted by atomic mass is 10.2. The average Bonchev–Trinajstić information content (AvgIpc) is 2.82. The maximum atomic E-state index is 10.8. The minimum Gasteiger partial charge on any atom is -0.475 e. The molecule has 0 saturated heterocycles. The van der Waals surface area contributed by atoms with Gasteiger partial charge in [0.25, 0.3) is 0 Å². The lowest BCUT2D eigenvalue weighted by Gasteiger charge is -2.15. The summed E-state index contributed by atoms with van der Waals surface area (Å²) in [5, 5.41) is 8.85. The van der Waals surface area contributed by atoms with Crippen LogP contribution in [0.15, 0.2) is 16.7 Å². The van der Waals surface area contributed by atoms with Crippen LogP contribution in [0, 0.1) is 5.92 Å². The lowest BCUT2D eigenvalue weighted by molar-refractivity contribution is 0.0659. The van der Waals surface area contributed by atoms with Crippen LogP contribution < -0.4 is 0 Å². The summed E-state index contributed by atoms with van der Waals surface area (Å²) in [5.74, 6) is -0.109. The first-order valence-electron chi connectivity index (χ1n) is 5.15. The summed E-state index contributed by atoms with van der Waals surface area (Å²) in [6.07, 6.45) is 4.05. The lowest BCUT2D eigenvalue weighted by Crippen LogP contribution is -2.21. The summed E-state index contributed by atoms with van der Waals surface area (Å²) in [6.45, 7) is 1.69. The number of nitrogens with zero attached hydrogens (tertiary/aromatic N) is 1. The Kier molecular flexibility index (Phi) is 2.77. The number of carboxylic acids is 1. The highest BCUT2D eigenvalue weighted by atomic mass is 16.4. The molecule has 0 atom stereocenters. The average molecular weight is 209 g/mol. The number of rotatable bonds is 5. The summed E-state index contributed by atoms with van der Waals surface area (Å²) < 4.78 is 4.92. The highest BCUT2D eigenvalue weighted by Gasteiger charge is 2.23. The second kappa shape index (κ2) is 4.06. The molecule has 1 aliphatic carbocycles.